The zero-order chi connectivity index (χ0) is 15.1. The third kappa shape index (κ3) is 5.37. The van der Waals surface area contributed by atoms with Gasteiger partial charge in [-0.2, -0.15) is 0 Å². The van der Waals surface area contributed by atoms with Crippen molar-refractivity contribution in [3.05, 3.63) is 34.3 Å². The number of ether oxygens (including phenoxy) is 1. The summed E-state index contributed by atoms with van der Waals surface area (Å²) in [4.78, 5) is 2.55. The van der Waals surface area contributed by atoms with Crippen molar-refractivity contribution in [3.63, 3.8) is 0 Å². The van der Waals surface area contributed by atoms with E-state index in [4.69, 9.17) is 4.74 Å². The van der Waals surface area contributed by atoms with Crippen LogP contribution in [0.25, 0.3) is 0 Å². The molecule has 2 rings (SSSR count). The molecule has 0 bridgehead atoms. The lowest BCUT2D eigenvalue weighted by Crippen LogP contribution is -2.41. The van der Waals surface area contributed by atoms with Gasteiger partial charge in [-0.15, -0.1) is 0 Å². The Labute approximate surface area is 137 Å². The third-order valence-electron chi connectivity index (χ3n) is 4.22. The minimum absolute atomic E-state index is 0.422. The van der Waals surface area contributed by atoms with E-state index in [0.29, 0.717) is 12.1 Å². The first kappa shape index (κ1) is 16.9. The number of hydrogen-bond acceptors (Lipinski definition) is 3. The molecule has 21 heavy (non-hydrogen) atoms. The highest BCUT2D eigenvalue weighted by atomic mass is 79.9. The molecule has 1 aromatic rings. The van der Waals surface area contributed by atoms with Crippen LogP contribution in [-0.4, -0.2) is 44.3 Å². The van der Waals surface area contributed by atoms with Gasteiger partial charge >= 0.3 is 0 Å². The second-order valence-electron chi connectivity index (χ2n) is 5.70. The molecular weight excluding hydrogens is 328 g/mol. The zero-order valence-corrected chi connectivity index (χ0v) is 14.7. The lowest BCUT2D eigenvalue weighted by molar-refractivity contribution is 0.00510. The smallest absolute Gasteiger partial charge is 0.0702 e. The molecule has 1 heterocycles. The SMILES string of the molecule is CCOC1CCCN(CCC(NC)c2ccc(Br)cc2)C1. The molecule has 2 unspecified atom stereocenters. The number of likely N-dealkylation sites (tertiary alicyclic amines) is 1. The topological polar surface area (TPSA) is 24.5 Å². The Balaban J connectivity index is 1.83. The minimum Gasteiger partial charge on any atom is -0.377 e. The van der Waals surface area contributed by atoms with Crippen LogP contribution in [0.15, 0.2) is 28.7 Å². The van der Waals surface area contributed by atoms with Crippen LogP contribution in [0.2, 0.25) is 0 Å². The van der Waals surface area contributed by atoms with Crippen molar-refractivity contribution in [1.82, 2.24) is 10.2 Å². The highest BCUT2D eigenvalue weighted by Crippen LogP contribution is 2.21. The average Bonchev–Trinajstić information content (AvgIpc) is 2.50. The van der Waals surface area contributed by atoms with E-state index >= 15 is 0 Å². The predicted molar refractivity (Wildman–Crippen MR) is 91.6 cm³/mol. The Morgan fingerprint density at radius 3 is 2.81 bits per heavy atom. The summed E-state index contributed by atoms with van der Waals surface area (Å²) in [5.41, 5.74) is 1.36. The van der Waals surface area contributed by atoms with E-state index in [1.165, 1.54) is 24.9 Å². The van der Waals surface area contributed by atoms with E-state index in [1.807, 2.05) is 7.05 Å². The molecule has 1 aliphatic heterocycles. The lowest BCUT2D eigenvalue weighted by Gasteiger charge is -2.33. The van der Waals surface area contributed by atoms with Crippen molar-refractivity contribution in [2.24, 2.45) is 0 Å². The fourth-order valence-corrected chi connectivity index (χ4v) is 3.34. The quantitative estimate of drug-likeness (QED) is 0.809. The van der Waals surface area contributed by atoms with E-state index in [0.717, 1.165) is 30.6 Å². The molecule has 0 saturated carbocycles. The summed E-state index contributed by atoms with van der Waals surface area (Å²) in [7, 11) is 2.05. The summed E-state index contributed by atoms with van der Waals surface area (Å²) in [6.45, 7) is 6.34. The molecule has 0 amide bonds. The molecule has 0 radical (unpaired) electrons. The summed E-state index contributed by atoms with van der Waals surface area (Å²) >= 11 is 3.50. The van der Waals surface area contributed by atoms with Gasteiger partial charge in [-0.05, 0) is 57.5 Å². The van der Waals surface area contributed by atoms with Gasteiger partial charge in [-0.1, -0.05) is 28.1 Å². The number of halogens is 1. The molecule has 1 saturated heterocycles. The zero-order valence-electron chi connectivity index (χ0n) is 13.1. The molecule has 1 fully saturated rings. The van der Waals surface area contributed by atoms with Crippen molar-refractivity contribution in [2.75, 3.05) is 33.3 Å². The van der Waals surface area contributed by atoms with Crippen LogP contribution in [-0.2, 0) is 4.74 Å². The number of benzene rings is 1. The molecule has 4 heteroatoms. The third-order valence-corrected chi connectivity index (χ3v) is 4.75. The molecule has 1 aromatic carbocycles. The van der Waals surface area contributed by atoms with Gasteiger partial charge in [-0.25, -0.2) is 0 Å². The standard InChI is InChI=1S/C17H27BrN2O/c1-3-21-16-5-4-11-20(13-16)12-10-17(19-2)14-6-8-15(18)9-7-14/h6-9,16-17,19H,3-5,10-13H2,1-2H3. The summed E-state index contributed by atoms with van der Waals surface area (Å²) in [6.07, 6.45) is 4.04. The Morgan fingerprint density at radius 1 is 1.38 bits per heavy atom. The van der Waals surface area contributed by atoms with Crippen LogP contribution in [0.3, 0.4) is 0 Å². The fourth-order valence-electron chi connectivity index (χ4n) is 3.07. The number of rotatable bonds is 7. The molecule has 3 nitrogen and oxygen atoms in total. The van der Waals surface area contributed by atoms with Crippen molar-refractivity contribution in [3.8, 4) is 0 Å². The summed E-state index contributed by atoms with van der Waals surface area (Å²) in [5, 5.41) is 3.44. The van der Waals surface area contributed by atoms with Crippen molar-refractivity contribution in [1.29, 1.82) is 0 Å². The van der Waals surface area contributed by atoms with Gasteiger partial charge in [0.15, 0.2) is 0 Å². The lowest BCUT2D eigenvalue weighted by atomic mass is 10.0. The van der Waals surface area contributed by atoms with Crippen molar-refractivity contribution in [2.45, 2.75) is 38.3 Å². The van der Waals surface area contributed by atoms with Gasteiger partial charge in [0.05, 0.1) is 6.10 Å². The number of nitrogens with one attached hydrogen (secondary N) is 1. The van der Waals surface area contributed by atoms with Gasteiger partial charge in [0, 0.05) is 30.2 Å². The second-order valence-corrected chi connectivity index (χ2v) is 6.62. The summed E-state index contributed by atoms with van der Waals surface area (Å²) < 4.78 is 6.92. The minimum atomic E-state index is 0.422. The molecule has 0 aromatic heterocycles. The van der Waals surface area contributed by atoms with E-state index in [-0.39, 0.29) is 0 Å². The molecule has 2 atom stereocenters. The average molecular weight is 355 g/mol. The van der Waals surface area contributed by atoms with Gasteiger partial charge in [0.2, 0.25) is 0 Å². The van der Waals surface area contributed by atoms with E-state index in [2.05, 4.69) is 57.3 Å². The normalized spacial score (nSPS) is 21.4. The maximum atomic E-state index is 5.78. The van der Waals surface area contributed by atoms with Crippen molar-refractivity contribution >= 4 is 15.9 Å². The highest BCUT2D eigenvalue weighted by molar-refractivity contribution is 9.10. The monoisotopic (exact) mass is 354 g/mol. The number of piperidine rings is 1. The van der Waals surface area contributed by atoms with Crippen molar-refractivity contribution < 1.29 is 4.74 Å². The largest absolute Gasteiger partial charge is 0.377 e. The van der Waals surface area contributed by atoms with Crippen LogP contribution in [0.1, 0.15) is 37.8 Å². The molecular formula is C17H27BrN2O. The Morgan fingerprint density at radius 2 is 2.14 bits per heavy atom. The van der Waals surface area contributed by atoms with Gasteiger partial charge in [-0.3, -0.25) is 0 Å². The van der Waals surface area contributed by atoms with E-state index in [1.54, 1.807) is 0 Å². The first-order valence-electron chi connectivity index (χ1n) is 7.99. The molecule has 118 valence electrons. The molecule has 0 spiro atoms. The first-order valence-corrected chi connectivity index (χ1v) is 8.79. The Kier molecular flexibility index (Phi) is 7.17. The second kappa shape index (κ2) is 8.89. The van der Waals surface area contributed by atoms with Crippen LogP contribution < -0.4 is 5.32 Å². The fraction of sp³-hybridized carbons (Fsp3) is 0.647. The summed E-state index contributed by atoms with van der Waals surface area (Å²) in [5.74, 6) is 0. The molecule has 0 aliphatic carbocycles. The maximum Gasteiger partial charge on any atom is 0.0702 e. The summed E-state index contributed by atoms with van der Waals surface area (Å²) in [6, 6.07) is 9.05. The highest BCUT2D eigenvalue weighted by Gasteiger charge is 2.20. The van der Waals surface area contributed by atoms with Crippen LogP contribution in [0.4, 0.5) is 0 Å². The Bertz CT molecular complexity index is 408. The van der Waals surface area contributed by atoms with Crippen LogP contribution in [0.5, 0.6) is 0 Å². The molecule has 1 N–H and O–H groups in total. The van der Waals surface area contributed by atoms with E-state index < -0.39 is 0 Å². The number of nitrogens with zero attached hydrogens (tertiary/aromatic N) is 1. The van der Waals surface area contributed by atoms with Gasteiger partial charge in [0.25, 0.3) is 0 Å². The maximum absolute atomic E-state index is 5.78. The van der Waals surface area contributed by atoms with E-state index in [9.17, 15) is 0 Å². The predicted octanol–water partition coefficient (Wildman–Crippen LogP) is 3.60. The van der Waals surface area contributed by atoms with Gasteiger partial charge in [0.1, 0.15) is 0 Å². The van der Waals surface area contributed by atoms with Crippen LogP contribution >= 0.6 is 15.9 Å². The van der Waals surface area contributed by atoms with Gasteiger partial charge < -0.3 is 15.0 Å². The molecule has 1 aliphatic rings. The van der Waals surface area contributed by atoms with Crippen LogP contribution in [0, 0.1) is 0 Å². The Hall–Kier alpha value is -0.420. The first-order chi connectivity index (χ1) is 10.2. The number of hydrogen-bond donors (Lipinski definition) is 1.